The van der Waals surface area contributed by atoms with Crippen LogP contribution in [0.25, 0.3) is 55.2 Å². The number of pyridine rings is 10. The number of aliphatic hydroxyl groups excluding tert-OH is 1. The summed E-state index contributed by atoms with van der Waals surface area (Å²) in [4.78, 5) is 143. The lowest BCUT2D eigenvalue weighted by Gasteiger charge is -2.22. The van der Waals surface area contributed by atoms with Gasteiger partial charge in [-0.1, -0.05) is 19.3 Å². The summed E-state index contributed by atoms with van der Waals surface area (Å²) in [5.74, 6) is 1.38. The highest BCUT2D eigenvalue weighted by molar-refractivity contribution is 5.95. The second kappa shape index (κ2) is 43.7. The smallest absolute Gasteiger partial charge is 0.320 e. The van der Waals surface area contributed by atoms with E-state index in [1.807, 2.05) is 90.9 Å². The summed E-state index contributed by atoms with van der Waals surface area (Å²) in [5.41, 5.74) is 8.48. The summed E-state index contributed by atoms with van der Waals surface area (Å²) in [7, 11) is 0. The SMILES string of the molecule is CCNC(=O)Nc1cc(C)c2cnc(Nc3ccncc3)nc2n1.CCNC(=O)Nc1nc2nc(Nc3ccncc3)ncc2cc1F.Cc1cc(NC(=O)NC(C)(C)C)nc2nc(Nc3ccncc3)ncc12.Cc1cc(NC(=O)NC2CCCCC2)nc2nc(Nc3ccncc3)ncc12.O=C(NCCO)Nc1nc2nc(Nc3ccncc3)ncc2cc1F. The first-order chi connectivity index (χ1) is 61.4. The number of hydrogen-bond acceptors (Lipinski definition) is 31. The number of hydrogen-bond donors (Lipinski definition) is 16. The second-order valence-electron chi connectivity index (χ2n) is 28.8. The van der Waals surface area contributed by atoms with Crippen LogP contribution in [0.15, 0.2) is 184 Å². The normalized spacial score (nSPS) is 11.5. The van der Waals surface area contributed by atoms with Crippen LogP contribution in [-0.2, 0) is 0 Å². The maximum absolute atomic E-state index is 14.0. The van der Waals surface area contributed by atoms with E-state index in [4.69, 9.17) is 5.11 Å². The lowest BCUT2D eigenvalue weighted by molar-refractivity contribution is 0.243. The standard InChI is InChI=1S/C20H23N7O.C18H21N7O.C16H17N7O.C15H14FN7O2.C15H14FN7O/c1-13-11-17(26-20(28)24-14-5-3-2-4-6-14)25-18-16(13)12-22-19(27-18)23-15-7-9-21-10-8-15;1-11-9-14(23-17(26)25-18(2,3)4)22-15-13(11)10-20-16(24-15)21-12-5-7-19-8-6-12;1-3-18-16(24)22-13-8-10(2)12-9-19-15(23-14(12)21-13)20-11-4-6-17-7-5-11;16-11-7-9-8-19-14(20-10-1-3-17-4-2-10)22-12(9)21-13(11)23-15(25)18-5-6-24;1-2-18-15(24)23-13-11(16)7-9-8-19-14(22-12(9)21-13)20-10-3-5-17-6-4-10/h7-12,14H,2-6H2,1H3,(H3,21,22,23,24,25,26,27,28);5-10H,1-4H3,(H3,19,20,21,22,23,24,25,26);4-9H,3H2,1-2H3,(H3,17,18,19,20,21,22,23,24);1-4,7-8,24H,5-6H2,(H3,17,18,19,20,21,22,23,25);3-8H,2H2,1H3,(H3,17,18,19,20,21,22,23,24). The van der Waals surface area contributed by atoms with Gasteiger partial charge in [-0.3, -0.25) is 51.5 Å². The van der Waals surface area contributed by atoms with Crippen molar-refractivity contribution in [3.05, 3.63) is 212 Å². The third kappa shape index (κ3) is 27.2. The number of carbonyl (C=O) groups excluding carboxylic acids is 5. The highest BCUT2D eigenvalue weighted by Crippen LogP contribution is 2.28. The summed E-state index contributed by atoms with van der Waals surface area (Å²) in [6.45, 7) is 15.9. The van der Waals surface area contributed by atoms with Gasteiger partial charge in [-0.25, -0.2) is 82.6 Å². The molecule has 0 aromatic carbocycles. The van der Waals surface area contributed by atoms with Gasteiger partial charge >= 0.3 is 30.2 Å². The number of rotatable bonds is 20. The largest absolute Gasteiger partial charge is 0.395 e. The maximum Gasteiger partial charge on any atom is 0.320 e. The Morgan fingerprint density at radius 1 is 0.378 bits per heavy atom. The van der Waals surface area contributed by atoms with E-state index in [1.165, 1.54) is 43.8 Å². The lowest BCUT2D eigenvalue weighted by Crippen LogP contribution is -2.43. The molecule has 1 saturated carbocycles. The Balaban J connectivity index is 0.000000144. The van der Waals surface area contributed by atoms with Gasteiger partial charge in [-0.05, 0) is 176 Å². The van der Waals surface area contributed by atoms with Crippen molar-refractivity contribution in [1.29, 1.82) is 0 Å². The number of carbonyl (C=O) groups is 5. The number of fused-ring (bicyclic) bond motifs is 5. The maximum atomic E-state index is 14.0. The molecule has 1 aliphatic carbocycles. The van der Waals surface area contributed by atoms with E-state index in [1.54, 1.807) is 124 Å². The topological polar surface area (TPSA) is 544 Å². The van der Waals surface area contributed by atoms with Crippen LogP contribution in [0.4, 0.5) is 120 Å². The van der Waals surface area contributed by atoms with E-state index in [-0.39, 0.29) is 71.7 Å². The molecule has 650 valence electrons. The summed E-state index contributed by atoms with van der Waals surface area (Å²) in [6, 6.07) is 24.0. The van der Waals surface area contributed by atoms with Gasteiger partial charge in [0.15, 0.2) is 51.5 Å². The van der Waals surface area contributed by atoms with Crippen LogP contribution in [0.5, 0.6) is 0 Å². The quantitative estimate of drug-likeness (QED) is 0.0337. The lowest BCUT2D eigenvalue weighted by atomic mass is 9.96. The van der Waals surface area contributed by atoms with Crippen LogP contribution < -0.4 is 79.8 Å². The molecule has 0 saturated heterocycles. The summed E-state index contributed by atoms with van der Waals surface area (Å²) >= 11 is 0. The molecule has 15 aromatic rings. The molecule has 15 heterocycles. The monoisotopic (exact) mass is 1720 g/mol. The Hall–Kier alpha value is -16.6. The Bertz CT molecular complexity index is 6300. The molecule has 0 spiro atoms. The number of aliphatic hydroxyl groups is 1. The van der Waals surface area contributed by atoms with Gasteiger partial charge in [0, 0.05) is 180 Å². The Morgan fingerprint density at radius 2 is 0.685 bits per heavy atom. The van der Waals surface area contributed by atoms with Crippen molar-refractivity contribution in [3.63, 3.8) is 0 Å². The fourth-order valence-corrected chi connectivity index (χ4v) is 11.9. The fourth-order valence-electron chi connectivity index (χ4n) is 11.9. The third-order valence-electron chi connectivity index (χ3n) is 17.7. The number of nitrogens with one attached hydrogen (secondary N) is 15. The van der Waals surface area contributed by atoms with Crippen molar-refractivity contribution >= 4 is 173 Å². The van der Waals surface area contributed by atoms with Crippen LogP contribution in [0.1, 0.15) is 83.4 Å². The summed E-state index contributed by atoms with van der Waals surface area (Å²) in [6.07, 6.45) is 30.3. The molecule has 1 aliphatic rings. The predicted octanol–water partition coefficient (Wildman–Crippen LogP) is 13.8. The van der Waals surface area contributed by atoms with Crippen molar-refractivity contribution in [2.45, 2.75) is 99.1 Å². The van der Waals surface area contributed by atoms with E-state index >= 15 is 0 Å². The van der Waals surface area contributed by atoms with Gasteiger partial charge in [0.25, 0.3) is 0 Å². The molecule has 15 aromatic heterocycles. The number of amides is 10. The molecule has 41 nitrogen and oxygen atoms in total. The molecule has 0 aliphatic heterocycles. The van der Waals surface area contributed by atoms with E-state index in [0.29, 0.717) is 82.1 Å². The minimum absolute atomic E-state index is 0.0448. The Labute approximate surface area is 724 Å². The van der Waals surface area contributed by atoms with E-state index < -0.39 is 23.7 Å². The minimum atomic E-state index is -0.718. The van der Waals surface area contributed by atoms with Crippen LogP contribution in [0.2, 0.25) is 0 Å². The van der Waals surface area contributed by atoms with Crippen molar-refractivity contribution in [2.24, 2.45) is 0 Å². The molecule has 0 bridgehead atoms. The molecule has 1 fully saturated rings. The first-order valence-corrected chi connectivity index (χ1v) is 39.8. The summed E-state index contributed by atoms with van der Waals surface area (Å²) in [5, 5.41) is 53.6. The first kappa shape index (κ1) is 89.6. The van der Waals surface area contributed by atoms with Crippen LogP contribution >= 0.6 is 0 Å². The van der Waals surface area contributed by atoms with Gasteiger partial charge in [0.2, 0.25) is 29.7 Å². The molecule has 127 heavy (non-hydrogen) atoms. The third-order valence-corrected chi connectivity index (χ3v) is 17.7. The Kier molecular flexibility index (Phi) is 30.9. The van der Waals surface area contributed by atoms with Gasteiger partial charge in [0.05, 0.1) is 6.61 Å². The number of nitrogens with zero attached hydrogens (tertiary/aromatic N) is 20. The average Bonchev–Trinajstić information content (AvgIpc) is 0.818. The van der Waals surface area contributed by atoms with Gasteiger partial charge < -0.3 is 58.3 Å². The molecule has 16 N–H and O–H groups in total. The Morgan fingerprint density at radius 3 is 1.02 bits per heavy atom. The number of aromatic nitrogens is 20. The average molecular weight is 1720 g/mol. The van der Waals surface area contributed by atoms with E-state index in [0.717, 1.165) is 74.1 Å². The van der Waals surface area contributed by atoms with Gasteiger partial charge in [-0.2, -0.15) is 24.9 Å². The molecular formula is C84H89F2N35O6. The second-order valence-corrected chi connectivity index (χ2v) is 28.8. The molecular weight excluding hydrogens is 1630 g/mol. The zero-order chi connectivity index (χ0) is 89.6. The molecule has 0 atom stereocenters. The highest BCUT2D eigenvalue weighted by Gasteiger charge is 2.21. The highest BCUT2D eigenvalue weighted by atomic mass is 19.1. The first-order valence-electron chi connectivity index (χ1n) is 39.8. The van der Waals surface area contributed by atoms with Gasteiger partial charge in [-0.15, -0.1) is 0 Å². The number of aryl methyl sites for hydroxylation is 3. The van der Waals surface area contributed by atoms with Crippen LogP contribution in [0, 0.1) is 32.4 Å². The molecule has 0 radical (unpaired) electrons. The number of anilines is 15. The zero-order valence-electron chi connectivity index (χ0n) is 70.0. The van der Waals surface area contributed by atoms with E-state index in [2.05, 4.69) is 179 Å². The van der Waals surface area contributed by atoms with Crippen molar-refractivity contribution in [3.8, 4) is 0 Å². The summed E-state index contributed by atoms with van der Waals surface area (Å²) < 4.78 is 28.0. The van der Waals surface area contributed by atoms with Crippen molar-refractivity contribution in [1.82, 2.24) is 126 Å². The predicted molar refractivity (Wildman–Crippen MR) is 479 cm³/mol. The van der Waals surface area contributed by atoms with Crippen molar-refractivity contribution < 1.29 is 37.9 Å². The number of urea groups is 5. The molecule has 16 rings (SSSR count). The van der Waals surface area contributed by atoms with Crippen LogP contribution in [-0.4, -0.2) is 173 Å². The molecule has 43 heteroatoms. The van der Waals surface area contributed by atoms with Gasteiger partial charge in [0.1, 0.15) is 17.5 Å². The molecule has 0 unspecified atom stereocenters. The number of halogens is 2. The van der Waals surface area contributed by atoms with E-state index in [9.17, 15) is 32.8 Å². The van der Waals surface area contributed by atoms with Crippen molar-refractivity contribution in [2.75, 3.05) is 79.4 Å². The fraction of sp³-hybridized carbons (Fsp3) is 0.226. The zero-order valence-corrected chi connectivity index (χ0v) is 70.0. The van der Waals surface area contributed by atoms with Crippen LogP contribution in [0.3, 0.4) is 0 Å². The molecule has 10 amide bonds. The minimum Gasteiger partial charge on any atom is -0.395 e.